The second-order valence-electron chi connectivity index (χ2n) is 9.07. The molecule has 2 unspecified atom stereocenters. The number of nitrogens with zero attached hydrogens (tertiary/aromatic N) is 4. The predicted molar refractivity (Wildman–Crippen MR) is 144 cm³/mol. The third-order valence-corrected chi connectivity index (χ3v) is 6.36. The second-order valence-corrected chi connectivity index (χ2v) is 9.07. The molecule has 1 aromatic rings. The van der Waals surface area contributed by atoms with Crippen molar-refractivity contribution in [3.05, 3.63) is 35.9 Å². The van der Waals surface area contributed by atoms with Crippen LogP contribution >= 0.6 is 24.0 Å². The average Bonchev–Trinajstić information content (AvgIpc) is 2.74. The number of piperazine rings is 1. The van der Waals surface area contributed by atoms with Crippen LogP contribution < -0.4 is 10.6 Å². The monoisotopic (exact) mass is 544 g/mol. The van der Waals surface area contributed by atoms with Crippen LogP contribution in [0.4, 0.5) is 0 Å². The largest absolute Gasteiger partial charge is 0.356 e. The van der Waals surface area contributed by atoms with E-state index in [1.807, 2.05) is 7.05 Å². The zero-order chi connectivity index (χ0) is 21.9. The van der Waals surface area contributed by atoms with Gasteiger partial charge < -0.3 is 15.5 Å². The molecule has 1 aliphatic rings. The highest BCUT2D eigenvalue weighted by atomic mass is 127. The number of likely N-dealkylation sites (N-methyl/N-ethyl adjacent to an activating group) is 1. The van der Waals surface area contributed by atoms with E-state index in [1.165, 1.54) is 5.56 Å². The van der Waals surface area contributed by atoms with Gasteiger partial charge in [-0.15, -0.1) is 24.0 Å². The summed E-state index contributed by atoms with van der Waals surface area (Å²) in [5.74, 6) is 1.53. The molecule has 1 heterocycles. The Labute approximate surface area is 207 Å². The highest BCUT2D eigenvalue weighted by molar-refractivity contribution is 14.0. The summed E-state index contributed by atoms with van der Waals surface area (Å²) in [4.78, 5) is 11.9. The van der Waals surface area contributed by atoms with Crippen molar-refractivity contribution in [2.24, 2.45) is 10.9 Å². The van der Waals surface area contributed by atoms with E-state index in [0.717, 1.165) is 58.2 Å². The van der Waals surface area contributed by atoms with Crippen molar-refractivity contribution in [3.63, 3.8) is 0 Å². The van der Waals surface area contributed by atoms with E-state index >= 15 is 0 Å². The summed E-state index contributed by atoms with van der Waals surface area (Å²) in [6.45, 7) is 14.4. The third-order valence-electron chi connectivity index (χ3n) is 6.36. The Morgan fingerprint density at radius 2 is 1.71 bits per heavy atom. The topological polar surface area (TPSA) is 46.1 Å². The van der Waals surface area contributed by atoms with Crippen molar-refractivity contribution < 1.29 is 0 Å². The van der Waals surface area contributed by atoms with E-state index < -0.39 is 0 Å². The second kappa shape index (κ2) is 15.0. The smallest absolute Gasteiger partial charge is 0.191 e. The number of halogens is 1. The van der Waals surface area contributed by atoms with E-state index in [2.05, 4.69) is 95.5 Å². The molecule has 1 aliphatic heterocycles. The molecule has 1 saturated heterocycles. The molecule has 178 valence electrons. The molecule has 0 spiro atoms. The highest BCUT2D eigenvalue weighted by Gasteiger charge is 2.25. The average molecular weight is 545 g/mol. The lowest BCUT2D eigenvalue weighted by Gasteiger charge is -2.40. The van der Waals surface area contributed by atoms with Crippen LogP contribution in [0.2, 0.25) is 0 Å². The molecule has 0 aromatic heterocycles. The molecule has 31 heavy (non-hydrogen) atoms. The van der Waals surface area contributed by atoms with Gasteiger partial charge in [-0.3, -0.25) is 14.8 Å². The minimum atomic E-state index is 0. The fraction of sp³-hybridized carbons (Fsp3) is 0.708. The fourth-order valence-corrected chi connectivity index (χ4v) is 4.01. The van der Waals surface area contributed by atoms with E-state index in [0.29, 0.717) is 18.0 Å². The van der Waals surface area contributed by atoms with Crippen LogP contribution in [-0.4, -0.2) is 93.2 Å². The molecule has 7 heteroatoms. The molecule has 0 amide bonds. The predicted octanol–water partition coefficient (Wildman–Crippen LogP) is 2.95. The molecule has 6 nitrogen and oxygen atoms in total. The lowest BCUT2D eigenvalue weighted by molar-refractivity contribution is 0.0900. The first kappa shape index (κ1) is 28.1. The molecule has 1 fully saturated rings. The Hall–Kier alpha value is -0.900. The van der Waals surface area contributed by atoms with Gasteiger partial charge in [0.25, 0.3) is 0 Å². The summed E-state index contributed by atoms with van der Waals surface area (Å²) >= 11 is 0. The standard InChI is InChI=1S/C24H44N6.HI/c1-20(2)23(30-16-14-28(5)15-17-30)18-27-24(25-4)26-13-12-21(3)29(6)19-22-10-8-7-9-11-22;/h7-11,20-21,23H,12-19H2,1-6H3,(H2,25,26,27);1H. The number of hydrogen-bond acceptors (Lipinski definition) is 4. The Kier molecular flexibility index (Phi) is 13.6. The SMILES string of the molecule is CN=C(NCCC(C)N(C)Cc1ccccc1)NCC(C(C)C)N1CCN(C)CC1.I. The van der Waals surface area contributed by atoms with E-state index in [1.54, 1.807) is 0 Å². The lowest BCUT2D eigenvalue weighted by atomic mass is 10.0. The number of guanidine groups is 1. The van der Waals surface area contributed by atoms with E-state index in [9.17, 15) is 0 Å². The molecule has 1 aromatic carbocycles. The lowest BCUT2D eigenvalue weighted by Crippen LogP contribution is -2.55. The van der Waals surface area contributed by atoms with Crippen molar-refractivity contribution in [3.8, 4) is 0 Å². The molecule has 2 rings (SSSR count). The summed E-state index contributed by atoms with van der Waals surface area (Å²) < 4.78 is 0. The molecule has 2 N–H and O–H groups in total. The Morgan fingerprint density at radius 3 is 2.29 bits per heavy atom. The van der Waals surface area contributed by atoms with Gasteiger partial charge in [0.05, 0.1) is 0 Å². The van der Waals surface area contributed by atoms with Crippen LogP contribution in [-0.2, 0) is 6.54 Å². The Morgan fingerprint density at radius 1 is 1.06 bits per heavy atom. The molecular weight excluding hydrogens is 499 g/mol. The maximum absolute atomic E-state index is 4.44. The molecule has 0 saturated carbocycles. The van der Waals surface area contributed by atoms with Crippen LogP contribution in [0, 0.1) is 5.92 Å². The van der Waals surface area contributed by atoms with Crippen LogP contribution in [0.25, 0.3) is 0 Å². The molecule has 0 bridgehead atoms. The van der Waals surface area contributed by atoms with Crippen molar-refractivity contribution in [2.75, 3.05) is 60.4 Å². The summed E-state index contributed by atoms with van der Waals surface area (Å²) in [7, 11) is 6.28. The van der Waals surface area contributed by atoms with Gasteiger partial charge in [-0.25, -0.2) is 0 Å². The zero-order valence-corrected chi connectivity index (χ0v) is 22.8. The van der Waals surface area contributed by atoms with Gasteiger partial charge >= 0.3 is 0 Å². The van der Waals surface area contributed by atoms with Gasteiger partial charge in [-0.1, -0.05) is 44.2 Å². The number of aliphatic imine (C=N–C) groups is 1. The van der Waals surface area contributed by atoms with Crippen LogP contribution in [0.3, 0.4) is 0 Å². The normalized spacial score (nSPS) is 18.0. The maximum Gasteiger partial charge on any atom is 0.191 e. The molecular formula is C24H45IN6. The third kappa shape index (κ3) is 10.1. The first-order chi connectivity index (χ1) is 14.4. The fourth-order valence-electron chi connectivity index (χ4n) is 4.01. The quantitative estimate of drug-likeness (QED) is 0.270. The van der Waals surface area contributed by atoms with Crippen molar-refractivity contribution in [1.82, 2.24) is 25.3 Å². The number of nitrogens with one attached hydrogen (secondary N) is 2. The van der Waals surface area contributed by atoms with E-state index in [-0.39, 0.29) is 24.0 Å². The van der Waals surface area contributed by atoms with Gasteiger partial charge in [-0.2, -0.15) is 0 Å². The van der Waals surface area contributed by atoms with E-state index in [4.69, 9.17) is 0 Å². The molecule has 0 aliphatic carbocycles. The van der Waals surface area contributed by atoms with Gasteiger partial charge in [0.1, 0.15) is 0 Å². The molecule has 2 atom stereocenters. The summed E-state index contributed by atoms with van der Waals surface area (Å²) in [5.41, 5.74) is 1.36. The summed E-state index contributed by atoms with van der Waals surface area (Å²) in [6.07, 6.45) is 1.08. The number of benzene rings is 1. The number of hydrogen-bond donors (Lipinski definition) is 2. The first-order valence-corrected chi connectivity index (χ1v) is 11.5. The summed E-state index contributed by atoms with van der Waals surface area (Å²) in [5, 5.41) is 7.08. The number of rotatable bonds is 10. The van der Waals surface area contributed by atoms with Gasteiger partial charge in [-0.05, 0) is 38.9 Å². The van der Waals surface area contributed by atoms with Gasteiger partial charge in [0.2, 0.25) is 0 Å². The first-order valence-electron chi connectivity index (χ1n) is 11.5. The minimum Gasteiger partial charge on any atom is -0.356 e. The van der Waals surface area contributed by atoms with Crippen molar-refractivity contribution in [1.29, 1.82) is 0 Å². The Bertz CT molecular complexity index is 616. The van der Waals surface area contributed by atoms with Crippen LogP contribution in [0.5, 0.6) is 0 Å². The van der Waals surface area contributed by atoms with Crippen molar-refractivity contribution >= 4 is 29.9 Å². The zero-order valence-electron chi connectivity index (χ0n) is 20.5. The Balaban J connectivity index is 0.00000480. The van der Waals surface area contributed by atoms with Gasteiger partial charge in [0, 0.05) is 64.9 Å². The molecule has 0 radical (unpaired) electrons. The van der Waals surface area contributed by atoms with Gasteiger partial charge in [0.15, 0.2) is 5.96 Å². The summed E-state index contributed by atoms with van der Waals surface area (Å²) in [6, 6.07) is 11.7. The highest BCUT2D eigenvalue weighted by Crippen LogP contribution is 2.13. The van der Waals surface area contributed by atoms with Crippen molar-refractivity contribution in [2.45, 2.75) is 45.8 Å². The maximum atomic E-state index is 4.44. The van der Waals surface area contributed by atoms with Crippen LogP contribution in [0.1, 0.15) is 32.8 Å². The van der Waals surface area contributed by atoms with Crippen LogP contribution in [0.15, 0.2) is 35.3 Å². The minimum absolute atomic E-state index is 0.